The maximum atomic E-state index is 5.55. The Morgan fingerprint density at radius 1 is 1.42 bits per heavy atom. The molecule has 1 N–H and O–H groups in total. The second-order valence-electron chi connectivity index (χ2n) is 4.05. The van der Waals surface area contributed by atoms with E-state index in [1.165, 1.54) is 32.4 Å². The summed E-state index contributed by atoms with van der Waals surface area (Å²) in [4.78, 5) is 0. The summed E-state index contributed by atoms with van der Waals surface area (Å²) in [5.74, 6) is 0. The molecule has 2 heterocycles. The van der Waals surface area contributed by atoms with E-state index in [1.54, 1.807) is 0 Å². The summed E-state index contributed by atoms with van der Waals surface area (Å²) in [5.41, 5.74) is 3.70. The maximum Gasteiger partial charge on any atom is 0.0535 e. The van der Waals surface area contributed by atoms with Gasteiger partial charge in [-0.25, -0.2) is 5.01 Å². The lowest BCUT2D eigenvalue weighted by molar-refractivity contribution is -0.00431. The first-order valence-electron chi connectivity index (χ1n) is 4.85. The highest BCUT2D eigenvalue weighted by Gasteiger charge is 2.39. The summed E-state index contributed by atoms with van der Waals surface area (Å²) < 4.78 is 5.55. The number of nitrogens with one attached hydrogen (secondary N) is 1. The molecule has 70 valence electrons. The van der Waals surface area contributed by atoms with Gasteiger partial charge < -0.3 is 4.74 Å². The molecule has 0 radical (unpaired) electrons. The Balaban J connectivity index is 1.94. The van der Waals surface area contributed by atoms with Gasteiger partial charge in [0.1, 0.15) is 0 Å². The summed E-state index contributed by atoms with van der Waals surface area (Å²) in [6, 6.07) is 0. The van der Waals surface area contributed by atoms with Gasteiger partial charge in [0, 0.05) is 25.1 Å². The minimum atomic E-state index is 0.487. The van der Waals surface area contributed by atoms with Crippen LogP contribution in [0.1, 0.15) is 19.3 Å². The molecule has 0 amide bonds. The first kappa shape index (κ1) is 8.48. The van der Waals surface area contributed by atoms with E-state index in [2.05, 4.69) is 10.4 Å². The van der Waals surface area contributed by atoms with E-state index in [1.807, 2.05) is 7.05 Å². The molecule has 12 heavy (non-hydrogen) atoms. The molecular formula is C9H18N2O. The summed E-state index contributed by atoms with van der Waals surface area (Å²) in [7, 11) is 2.00. The van der Waals surface area contributed by atoms with Gasteiger partial charge in [-0.1, -0.05) is 0 Å². The lowest BCUT2D eigenvalue weighted by atomic mass is 9.82. The van der Waals surface area contributed by atoms with Crippen LogP contribution in [0.2, 0.25) is 0 Å². The van der Waals surface area contributed by atoms with Crippen LogP contribution in [0.5, 0.6) is 0 Å². The Hall–Kier alpha value is -0.120. The van der Waals surface area contributed by atoms with Crippen LogP contribution in [-0.4, -0.2) is 38.4 Å². The smallest absolute Gasteiger partial charge is 0.0535 e. The first-order valence-corrected chi connectivity index (χ1v) is 4.85. The van der Waals surface area contributed by atoms with E-state index in [4.69, 9.17) is 4.74 Å². The van der Waals surface area contributed by atoms with Crippen molar-refractivity contribution in [1.29, 1.82) is 0 Å². The zero-order chi connectivity index (χ0) is 8.44. The Labute approximate surface area is 74.0 Å². The van der Waals surface area contributed by atoms with Gasteiger partial charge in [-0.3, -0.25) is 5.43 Å². The van der Waals surface area contributed by atoms with Gasteiger partial charge in [0.15, 0.2) is 0 Å². The molecule has 0 aromatic carbocycles. The number of rotatable bonds is 1. The molecule has 2 aliphatic heterocycles. The lowest BCUT2D eigenvalue weighted by Crippen LogP contribution is -2.38. The average Bonchev–Trinajstić information content (AvgIpc) is 2.50. The van der Waals surface area contributed by atoms with Gasteiger partial charge in [-0.05, 0) is 26.3 Å². The minimum absolute atomic E-state index is 0.487. The van der Waals surface area contributed by atoms with Crippen molar-refractivity contribution in [2.24, 2.45) is 5.41 Å². The van der Waals surface area contributed by atoms with Crippen LogP contribution in [0, 0.1) is 5.41 Å². The Morgan fingerprint density at radius 2 is 2.33 bits per heavy atom. The molecule has 3 nitrogen and oxygen atoms in total. The molecule has 1 spiro atoms. The molecule has 1 unspecified atom stereocenters. The van der Waals surface area contributed by atoms with E-state index in [0.29, 0.717) is 5.41 Å². The summed E-state index contributed by atoms with van der Waals surface area (Å²) in [5, 5.41) is 2.30. The molecule has 2 rings (SSSR count). The van der Waals surface area contributed by atoms with Crippen molar-refractivity contribution in [3.63, 3.8) is 0 Å². The number of hydrogen-bond donors (Lipinski definition) is 1. The standard InChI is InChI=1S/C9H18N2O/c1-10-11-5-4-9(7-11)3-2-6-12-8-9/h10H,2-8H2,1H3. The minimum Gasteiger partial charge on any atom is -0.381 e. The van der Waals surface area contributed by atoms with Crippen molar-refractivity contribution in [3.8, 4) is 0 Å². The molecule has 1 atom stereocenters. The van der Waals surface area contributed by atoms with Crippen molar-refractivity contribution in [2.75, 3.05) is 33.4 Å². The van der Waals surface area contributed by atoms with Crippen LogP contribution in [0.4, 0.5) is 0 Å². The fraction of sp³-hybridized carbons (Fsp3) is 1.00. The molecule has 0 bridgehead atoms. The number of nitrogens with zero attached hydrogens (tertiary/aromatic N) is 1. The van der Waals surface area contributed by atoms with E-state index >= 15 is 0 Å². The van der Waals surface area contributed by atoms with Gasteiger partial charge in [-0.2, -0.15) is 0 Å². The third kappa shape index (κ3) is 1.49. The van der Waals surface area contributed by atoms with Crippen molar-refractivity contribution in [1.82, 2.24) is 10.4 Å². The van der Waals surface area contributed by atoms with Gasteiger partial charge >= 0.3 is 0 Å². The van der Waals surface area contributed by atoms with Crippen molar-refractivity contribution >= 4 is 0 Å². The van der Waals surface area contributed by atoms with Crippen molar-refractivity contribution < 1.29 is 4.74 Å². The molecule has 2 fully saturated rings. The molecule has 2 aliphatic rings. The number of hydrazine groups is 1. The van der Waals surface area contributed by atoms with Gasteiger partial charge in [0.05, 0.1) is 6.61 Å². The lowest BCUT2D eigenvalue weighted by Gasteiger charge is -2.32. The third-order valence-corrected chi connectivity index (χ3v) is 3.16. The molecule has 2 saturated heterocycles. The fourth-order valence-corrected chi connectivity index (χ4v) is 2.36. The van der Waals surface area contributed by atoms with Gasteiger partial charge in [-0.15, -0.1) is 0 Å². The normalized spacial score (nSPS) is 37.8. The van der Waals surface area contributed by atoms with E-state index < -0.39 is 0 Å². The van der Waals surface area contributed by atoms with Crippen molar-refractivity contribution in [2.45, 2.75) is 19.3 Å². The molecule has 0 aromatic rings. The molecule has 0 aromatic heterocycles. The topological polar surface area (TPSA) is 24.5 Å². The predicted octanol–water partition coefficient (Wildman–Crippen LogP) is 0.623. The Kier molecular flexibility index (Phi) is 2.35. The van der Waals surface area contributed by atoms with Crippen molar-refractivity contribution in [3.05, 3.63) is 0 Å². The highest BCUT2D eigenvalue weighted by molar-refractivity contribution is 4.89. The fourth-order valence-electron chi connectivity index (χ4n) is 2.36. The largest absolute Gasteiger partial charge is 0.381 e. The quantitative estimate of drug-likeness (QED) is 0.624. The second-order valence-corrected chi connectivity index (χ2v) is 4.05. The zero-order valence-corrected chi connectivity index (χ0v) is 7.81. The molecular weight excluding hydrogens is 152 g/mol. The van der Waals surface area contributed by atoms with Gasteiger partial charge in [0.25, 0.3) is 0 Å². The summed E-state index contributed by atoms with van der Waals surface area (Å²) >= 11 is 0. The highest BCUT2D eigenvalue weighted by Crippen LogP contribution is 2.36. The van der Waals surface area contributed by atoms with Crippen LogP contribution >= 0.6 is 0 Å². The first-order chi connectivity index (χ1) is 5.85. The monoisotopic (exact) mass is 170 g/mol. The van der Waals surface area contributed by atoms with Crippen LogP contribution < -0.4 is 5.43 Å². The summed E-state index contributed by atoms with van der Waals surface area (Å²) in [6.45, 7) is 4.30. The average molecular weight is 170 g/mol. The maximum absolute atomic E-state index is 5.55. The van der Waals surface area contributed by atoms with E-state index in [-0.39, 0.29) is 0 Å². The van der Waals surface area contributed by atoms with Crippen LogP contribution in [0.25, 0.3) is 0 Å². The highest BCUT2D eigenvalue weighted by atomic mass is 16.5. The Bertz CT molecular complexity index is 155. The predicted molar refractivity (Wildman–Crippen MR) is 47.7 cm³/mol. The third-order valence-electron chi connectivity index (χ3n) is 3.16. The number of ether oxygens (including phenoxy) is 1. The molecule has 0 saturated carbocycles. The van der Waals surface area contributed by atoms with Crippen LogP contribution in [-0.2, 0) is 4.74 Å². The summed E-state index contributed by atoms with van der Waals surface area (Å²) in [6.07, 6.45) is 3.90. The molecule has 3 heteroatoms. The number of hydrogen-bond acceptors (Lipinski definition) is 3. The van der Waals surface area contributed by atoms with E-state index in [0.717, 1.165) is 13.2 Å². The van der Waals surface area contributed by atoms with Crippen LogP contribution in [0.15, 0.2) is 0 Å². The van der Waals surface area contributed by atoms with Gasteiger partial charge in [0.2, 0.25) is 0 Å². The van der Waals surface area contributed by atoms with E-state index in [9.17, 15) is 0 Å². The SMILES string of the molecule is CNN1CCC2(CCCOC2)C1. The second kappa shape index (κ2) is 3.32. The zero-order valence-electron chi connectivity index (χ0n) is 7.81. The Morgan fingerprint density at radius 3 is 2.92 bits per heavy atom. The van der Waals surface area contributed by atoms with Crippen LogP contribution in [0.3, 0.4) is 0 Å². The molecule has 0 aliphatic carbocycles.